The predicted octanol–water partition coefficient (Wildman–Crippen LogP) is 3.79. The van der Waals surface area contributed by atoms with Crippen molar-refractivity contribution < 1.29 is 4.79 Å². The summed E-state index contributed by atoms with van der Waals surface area (Å²) in [5.74, 6) is 1.05. The van der Waals surface area contributed by atoms with Crippen molar-refractivity contribution in [2.24, 2.45) is 0 Å². The van der Waals surface area contributed by atoms with E-state index < -0.39 is 0 Å². The van der Waals surface area contributed by atoms with Gasteiger partial charge in [-0.1, -0.05) is 48.9 Å². The van der Waals surface area contributed by atoms with E-state index in [-0.39, 0.29) is 5.91 Å². The Morgan fingerprint density at radius 2 is 1.93 bits per heavy atom. The molecular formula is C21H23N5OS. The fraction of sp³-hybridized carbons (Fsp3) is 0.333. The lowest BCUT2D eigenvalue weighted by atomic mass is 10.2. The molecule has 0 unspecified atom stereocenters. The van der Waals surface area contributed by atoms with E-state index in [9.17, 15) is 4.79 Å². The number of aromatic nitrogens is 4. The molecule has 7 heteroatoms. The van der Waals surface area contributed by atoms with Gasteiger partial charge in [0.2, 0.25) is 5.91 Å². The number of aryl methyl sites for hydroxylation is 1. The highest BCUT2D eigenvalue weighted by Gasteiger charge is 2.21. The third-order valence-electron chi connectivity index (χ3n) is 4.94. The Morgan fingerprint density at radius 3 is 2.68 bits per heavy atom. The van der Waals surface area contributed by atoms with Gasteiger partial charge in [-0.25, -0.2) is 0 Å². The molecule has 6 nitrogen and oxygen atoms in total. The Kier molecular flexibility index (Phi) is 5.71. The van der Waals surface area contributed by atoms with Crippen LogP contribution in [0.1, 0.15) is 31.2 Å². The zero-order chi connectivity index (χ0) is 19.3. The molecule has 2 aromatic heterocycles. The maximum atomic E-state index is 12.4. The van der Waals surface area contributed by atoms with Gasteiger partial charge in [-0.2, -0.15) is 0 Å². The maximum absolute atomic E-state index is 12.4. The number of hydrogen-bond donors (Lipinski definition) is 1. The number of carbonyl (C=O) groups is 1. The lowest BCUT2D eigenvalue weighted by Crippen LogP contribution is -2.33. The number of carbonyl (C=O) groups excluding carboxylic acids is 1. The molecule has 0 bridgehead atoms. The molecule has 0 atom stereocenters. The number of thioether (sulfide) groups is 1. The molecule has 1 aromatic carbocycles. The van der Waals surface area contributed by atoms with Gasteiger partial charge in [-0.15, -0.1) is 10.2 Å². The van der Waals surface area contributed by atoms with Gasteiger partial charge < -0.3 is 5.32 Å². The van der Waals surface area contributed by atoms with E-state index in [1.807, 2.05) is 41.0 Å². The summed E-state index contributed by atoms with van der Waals surface area (Å²) in [6, 6.07) is 14.1. The second kappa shape index (κ2) is 8.56. The van der Waals surface area contributed by atoms with Crippen molar-refractivity contribution in [3.8, 4) is 17.2 Å². The Hall–Kier alpha value is -2.67. The second-order valence-corrected chi connectivity index (χ2v) is 7.92. The first-order valence-electron chi connectivity index (χ1n) is 9.57. The van der Waals surface area contributed by atoms with Crippen LogP contribution in [0.15, 0.2) is 53.8 Å². The minimum Gasteiger partial charge on any atom is -0.353 e. The largest absolute Gasteiger partial charge is 0.353 e. The van der Waals surface area contributed by atoms with Gasteiger partial charge in [0.25, 0.3) is 0 Å². The zero-order valence-electron chi connectivity index (χ0n) is 15.8. The first-order chi connectivity index (χ1) is 13.7. The summed E-state index contributed by atoms with van der Waals surface area (Å²) in [4.78, 5) is 16.8. The normalized spacial score (nSPS) is 14.3. The van der Waals surface area contributed by atoms with E-state index in [0.29, 0.717) is 22.8 Å². The van der Waals surface area contributed by atoms with E-state index in [4.69, 9.17) is 0 Å². The van der Waals surface area contributed by atoms with Crippen molar-refractivity contribution >= 4 is 17.7 Å². The molecule has 4 rings (SSSR count). The van der Waals surface area contributed by atoms with Crippen LogP contribution >= 0.6 is 11.8 Å². The van der Waals surface area contributed by atoms with Crippen molar-refractivity contribution in [3.05, 3.63) is 54.2 Å². The minimum atomic E-state index is 0.0515. The fourth-order valence-corrected chi connectivity index (χ4v) is 4.28. The Labute approximate surface area is 168 Å². The fourth-order valence-electron chi connectivity index (χ4n) is 3.53. The van der Waals surface area contributed by atoms with Crippen LogP contribution in [0.2, 0.25) is 0 Å². The molecule has 1 N–H and O–H groups in total. The Balaban J connectivity index is 1.61. The highest BCUT2D eigenvalue weighted by molar-refractivity contribution is 7.99. The van der Waals surface area contributed by atoms with Crippen LogP contribution in [0.25, 0.3) is 17.2 Å². The van der Waals surface area contributed by atoms with Gasteiger partial charge in [-0.05, 0) is 43.5 Å². The van der Waals surface area contributed by atoms with Crippen molar-refractivity contribution in [1.29, 1.82) is 0 Å². The van der Waals surface area contributed by atoms with Gasteiger partial charge >= 0.3 is 0 Å². The summed E-state index contributed by atoms with van der Waals surface area (Å²) in [6.45, 7) is 2.05. The first kappa shape index (κ1) is 18.7. The summed E-state index contributed by atoms with van der Waals surface area (Å²) < 4.78 is 1.99. The van der Waals surface area contributed by atoms with Crippen molar-refractivity contribution in [1.82, 2.24) is 25.1 Å². The average molecular weight is 394 g/mol. The molecule has 3 aromatic rings. The summed E-state index contributed by atoms with van der Waals surface area (Å²) in [6.07, 6.45) is 6.31. The molecule has 1 fully saturated rings. The number of hydrogen-bond acceptors (Lipinski definition) is 5. The number of para-hydroxylation sites is 1. The van der Waals surface area contributed by atoms with Crippen LogP contribution in [0, 0.1) is 6.92 Å². The zero-order valence-corrected chi connectivity index (χ0v) is 16.7. The van der Waals surface area contributed by atoms with Gasteiger partial charge in [-0.3, -0.25) is 14.3 Å². The van der Waals surface area contributed by atoms with E-state index in [2.05, 4.69) is 33.5 Å². The third kappa shape index (κ3) is 4.09. The van der Waals surface area contributed by atoms with E-state index in [1.54, 1.807) is 6.20 Å². The van der Waals surface area contributed by atoms with E-state index >= 15 is 0 Å². The Bertz CT molecular complexity index is 950. The van der Waals surface area contributed by atoms with Crippen LogP contribution in [0.3, 0.4) is 0 Å². The monoisotopic (exact) mass is 393 g/mol. The summed E-state index contributed by atoms with van der Waals surface area (Å²) in [5, 5.41) is 12.6. The van der Waals surface area contributed by atoms with Crippen LogP contribution in [0.5, 0.6) is 0 Å². The molecule has 0 spiro atoms. The van der Waals surface area contributed by atoms with Crippen molar-refractivity contribution in [2.75, 3.05) is 5.75 Å². The van der Waals surface area contributed by atoms with E-state index in [0.717, 1.165) is 29.8 Å². The van der Waals surface area contributed by atoms with Crippen molar-refractivity contribution in [3.63, 3.8) is 0 Å². The topological polar surface area (TPSA) is 72.7 Å². The van der Waals surface area contributed by atoms with Gasteiger partial charge in [0.1, 0.15) is 5.69 Å². The quantitative estimate of drug-likeness (QED) is 0.645. The van der Waals surface area contributed by atoms with Crippen LogP contribution in [-0.4, -0.2) is 37.5 Å². The number of pyridine rings is 1. The standard InChI is InChI=1S/C21H23N5OS/c1-15-8-2-5-12-18(15)26-20(17-11-6-7-13-22-17)24-25-21(26)28-14-19(27)23-16-9-3-4-10-16/h2,5-8,11-13,16H,3-4,9-10,14H2,1H3,(H,23,27). The van der Waals surface area contributed by atoms with Crippen molar-refractivity contribution in [2.45, 2.75) is 43.8 Å². The molecule has 0 saturated heterocycles. The average Bonchev–Trinajstić information content (AvgIpc) is 3.37. The summed E-state index contributed by atoms with van der Waals surface area (Å²) in [7, 11) is 0. The minimum absolute atomic E-state index is 0.0515. The molecule has 1 saturated carbocycles. The maximum Gasteiger partial charge on any atom is 0.230 e. The second-order valence-electron chi connectivity index (χ2n) is 6.98. The lowest BCUT2D eigenvalue weighted by Gasteiger charge is -2.13. The predicted molar refractivity (Wildman–Crippen MR) is 110 cm³/mol. The van der Waals surface area contributed by atoms with Gasteiger partial charge in [0.05, 0.1) is 11.4 Å². The molecule has 1 aliphatic rings. The van der Waals surface area contributed by atoms with Gasteiger partial charge in [0, 0.05) is 12.2 Å². The molecular weight excluding hydrogens is 370 g/mol. The molecule has 28 heavy (non-hydrogen) atoms. The highest BCUT2D eigenvalue weighted by Crippen LogP contribution is 2.28. The molecule has 0 aliphatic heterocycles. The smallest absolute Gasteiger partial charge is 0.230 e. The number of rotatable bonds is 6. The van der Waals surface area contributed by atoms with Crippen LogP contribution in [-0.2, 0) is 4.79 Å². The van der Waals surface area contributed by atoms with Gasteiger partial charge in [0.15, 0.2) is 11.0 Å². The molecule has 2 heterocycles. The summed E-state index contributed by atoms with van der Waals surface area (Å²) in [5.41, 5.74) is 2.85. The molecule has 144 valence electrons. The highest BCUT2D eigenvalue weighted by atomic mass is 32.2. The molecule has 1 aliphatic carbocycles. The molecule has 0 radical (unpaired) electrons. The van der Waals surface area contributed by atoms with E-state index in [1.165, 1.54) is 24.6 Å². The Morgan fingerprint density at radius 1 is 1.14 bits per heavy atom. The number of nitrogens with zero attached hydrogens (tertiary/aromatic N) is 4. The number of nitrogens with one attached hydrogen (secondary N) is 1. The SMILES string of the molecule is Cc1ccccc1-n1c(SCC(=O)NC2CCCC2)nnc1-c1ccccn1. The molecule has 1 amide bonds. The van der Waals surface area contributed by atoms with Crippen LogP contribution < -0.4 is 5.32 Å². The number of benzene rings is 1. The first-order valence-corrected chi connectivity index (χ1v) is 10.6. The lowest BCUT2D eigenvalue weighted by molar-refractivity contribution is -0.119. The van der Waals surface area contributed by atoms with Crippen LogP contribution in [0.4, 0.5) is 0 Å². The number of amides is 1. The third-order valence-corrected chi connectivity index (χ3v) is 5.87. The summed E-state index contributed by atoms with van der Waals surface area (Å²) >= 11 is 1.41.